The molecule has 0 spiro atoms. The van der Waals surface area contributed by atoms with E-state index in [9.17, 15) is 0 Å². The van der Waals surface area contributed by atoms with E-state index in [1.54, 1.807) is 0 Å². The molecule has 0 aliphatic heterocycles. The van der Waals surface area contributed by atoms with Crippen LogP contribution in [0.2, 0.25) is 0 Å². The molecule has 0 saturated heterocycles. The van der Waals surface area contributed by atoms with Crippen LogP contribution in [0.3, 0.4) is 0 Å². The highest BCUT2D eigenvalue weighted by atomic mass is 35.5. The van der Waals surface area contributed by atoms with Crippen LogP contribution in [-0.4, -0.2) is 61.8 Å². The van der Waals surface area contributed by atoms with Crippen LogP contribution in [0.5, 0.6) is 0 Å². The van der Waals surface area contributed by atoms with Gasteiger partial charge in [-0.05, 0) is 33.6 Å². The third kappa shape index (κ3) is 8.82. The van der Waals surface area contributed by atoms with Gasteiger partial charge in [-0.25, -0.2) is 0 Å². The first-order valence-electron chi connectivity index (χ1n) is 4.69. The van der Waals surface area contributed by atoms with E-state index in [2.05, 4.69) is 23.9 Å². The van der Waals surface area contributed by atoms with Gasteiger partial charge in [-0.1, -0.05) is 0 Å². The monoisotopic (exact) mass is 226 g/mol. The summed E-state index contributed by atoms with van der Waals surface area (Å²) in [4.78, 5) is 4.50. The number of hydrogen-bond donors (Lipinski definition) is 0. The molecule has 4 heteroatoms. The number of halogens is 2. The average molecular weight is 227 g/mol. The largest absolute Gasteiger partial charge is 0.305 e. The summed E-state index contributed by atoms with van der Waals surface area (Å²) >= 11 is 11.2. The Hall–Kier alpha value is 0.500. The van der Waals surface area contributed by atoms with E-state index in [4.69, 9.17) is 23.2 Å². The summed E-state index contributed by atoms with van der Waals surface area (Å²) in [7, 11) is 4.20. The lowest BCUT2D eigenvalue weighted by molar-refractivity contribution is 0.295. The third-order valence-corrected chi connectivity index (χ3v) is 2.35. The lowest BCUT2D eigenvalue weighted by atomic mass is 10.3. The topological polar surface area (TPSA) is 6.48 Å². The molecule has 0 aliphatic carbocycles. The van der Waals surface area contributed by atoms with E-state index in [1.807, 2.05) is 0 Å². The van der Waals surface area contributed by atoms with Crippen LogP contribution >= 0.6 is 23.2 Å². The maximum absolute atomic E-state index is 5.62. The highest BCUT2D eigenvalue weighted by molar-refractivity contribution is 6.18. The van der Waals surface area contributed by atoms with E-state index in [-0.39, 0.29) is 0 Å². The van der Waals surface area contributed by atoms with Crippen molar-refractivity contribution in [2.24, 2.45) is 0 Å². The van der Waals surface area contributed by atoms with Crippen molar-refractivity contribution in [1.82, 2.24) is 9.80 Å². The van der Waals surface area contributed by atoms with E-state index < -0.39 is 0 Å². The van der Waals surface area contributed by atoms with Crippen molar-refractivity contribution in [3.63, 3.8) is 0 Å². The highest BCUT2D eigenvalue weighted by Gasteiger charge is 1.99. The Morgan fingerprint density at radius 1 is 0.769 bits per heavy atom. The van der Waals surface area contributed by atoms with Crippen molar-refractivity contribution in [2.75, 3.05) is 52.0 Å². The summed E-state index contributed by atoms with van der Waals surface area (Å²) in [6, 6.07) is 0. The molecule has 0 radical (unpaired) electrons. The second kappa shape index (κ2) is 9.07. The van der Waals surface area contributed by atoms with Crippen molar-refractivity contribution in [3.05, 3.63) is 0 Å². The van der Waals surface area contributed by atoms with Gasteiger partial charge in [0.1, 0.15) is 0 Å². The molecule has 0 unspecified atom stereocenters. The summed E-state index contributed by atoms with van der Waals surface area (Å²) in [5, 5.41) is 0. The van der Waals surface area contributed by atoms with Crippen molar-refractivity contribution >= 4 is 23.2 Å². The molecule has 0 fully saturated rings. The molecule has 0 aliphatic rings. The van der Waals surface area contributed by atoms with Gasteiger partial charge >= 0.3 is 0 Å². The fourth-order valence-electron chi connectivity index (χ4n) is 1.12. The first kappa shape index (κ1) is 13.5. The summed E-state index contributed by atoms with van der Waals surface area (Å²) in [5.74, 6) is 1.43. The molecule has 0 heterocycles. The van der Waals surface area contributed by atoms with Crippen molar-refractivity contribution in [1.29, 1.82) is 0 Å². The average Bonchev–Trinajstić information content (AvgIpc) is 2.05. The molecule has 0 aromatic rings. The van der Waals surface area contributed by atoms with Gasteiger partial charge in [0.05, 0.1) is 0 Å². The van der Waals surface area contributed by atoms with E-state index in [1.165, 1.54) is 6.42 Å². The first-order valence-corrected chi connectivity index (χ1v) is 5.76. The normalized spacial score (nSPS) is 11.5. The van der Waals surface area contributed by atoms with Crippen molar-refractivity contribution in [2.45, 2.75) is 6.42 Å². The predicted octanol–water partition coefficient (Wildman–Crippen LogP) is 1.72. The van der Waals surface area contributed by atoms with Gasteiger partial charge in [0, 0.05) is 24.8 Å². The number of alkyl halides is 2. The maximum atomic E-state index is 5.62. The Balaban J connectivity index is 3.23. The SMILES string of the molecule is CN(CCCl)CCCN(C)CCCl. The number of rotatable bonds is 8. The van der Waals surface area contributed by atoms with Gasteiger partial charge in [-0.15, -0.1) is 23.2 Å². The zero-order chi connectivity index (χ0) is 10.1. The van der Waals surface area contributed by atoms with Gasteiger partial charge in [0.25, 0.3) is 0 Å². The number of nitrogens with zero attached hydrogens (tertiary/aromatic N) is 2. The van der Waals surface area contributed by atoms with Crippen LogP contribution in [0, 0.1) is 0 Å². The van der Waals surface area contributed by atoms with Crippen molar-refractivity contribution < 1.29 is 0 Å². The molecule has 2 nitrogen and oxygen atoms in total. The molecule has 0 rings (SSSR count). The summed E-state index contributed by atoms with van der Waals surface area (Å²) < 4.78 is 0. The lowest BCUT2D eigenvalue weighted by Crippen LogP contribution is -2.27. The zero-order valence-corrected chi connectivity index (χ0v) is 10.1. The van der Waals surface area contributed by atoms with Crippen LogP contribution < -0.4 is 0 Å². The Morgan fingerprint density at radius 3 is 1.46 bits per heavy atom. The number of hydrogen-bond acceptors (Lipinski definition) is 2. The second-order valence-corrected chi connectivity index (χ2v) is 4.09. The third-order valence-electron chi connectivity index (χ3n) is 2.01. The molecule has 13 heavy (non-hydrogen) atoms. The van der Waals surface area contributed by atoms with Gasteiger partial charge in [-0.3, -0.25) is 0 Å². The smallest absolute Gasteiger partial charge is 0.0351 e. The second-order valence-electron chi connectivity index (χ2n) is 3.34. The van der Waals surface area contributed by atoms with Gasteiger partial charge in [0.15, 0.2) is 0 Å². The standard InChI is InChI=1S/C9H20Cl2N2/c1-12(8-4-10)6-3-7-13(2)9-5-11/h3-9H2,1-2H3. The molecule has 0 N–H and O–H groups in total. The van der Waals surface area contributed by atoms with Gasteiger partial charge in [-0.2, -0.15) is 0 Å². The zero-order valence-electron chi connectivity index (χ0n) is 8.60. The molecule has 0 aromatic heterocycles. The fraction of sp³-hybridized carbons (Fsp3) is 1.00. The van der Waals surface area contributed by atoms with Gasteiger partial charge < -0.3 is 9.80 Å². The fourth-order valence-corrected chi connectivity index (χ4v) is 1.70. The maximum Gasteiger partial charge on any atom is 0.0351 e. The van der Waals surface area contributed by atoms with Crippen molar-refractivity contribution in [3.8, 4) is 0 Å². The summed E-state index contributed by atoms with van der Waals surface area (Å²) in [5.41, 5.74) is 0. The summed E-state index contributed by atoms with van der Waals surface area (Å²) in [6.45, 7) is 4.17. The Bertz CT molecular complexity index is 99.8. The Labute approximate surface area is 91.8 Å². The molecule has 0 bridgehead atoms. The molecular weight excluding hydrogens is 207 g/mol. The van der Waals surface area contributed by atoms with Gasteiger partial charge in [0.2, 0.25) is 0 Å². The molecule has 0 aromatic carbocycles. The van der Waals surface area contributed by atoms with Crippen LogP contribution in [0.4, 0.5) is 0 Å². The molecule has 0 amide bonds. The Morgan fingerprint density at radius 2 is 1.15 bits per heavy atom. The van der Waals surface area contributed by atoms with E-state index >= 15 is 0 Å². The lowest BCUT2D eigenvalue weighted by Gasteiger charge is -2.18. The first-order chi connectivity index (χ1) is 6.20. The highest BCUT2D eigenvalue weighted by Crippen LogP contribution is 1.92. The predicted molar refractivity (Wildman–Crippen MR) is 61.1 cm³/mol. The minimum atomic E-state index is 0.716. The molecular formula is C9H20Cl2N2. The summed E-state index contributed by atoms with van der Waals surface area (Å²) in [6.07, 6.45) is 1.18. The quantitative estimate of drug-likeness (QED) is 0.582. The van der Waals surface area contributed by atoms with Crippen LogP contribution in [0.25, 0.3) is 0 Å². The molecule has 0 saturated carbocycles. The van der Waals surface area contributed by atoms with E-state index in [0.29, 0.717) is 11.8 Å². The van der Waals surface area contributed by atoms with Crippen LogP contribution in [-0.2, 0) is 0 Å². The minimum Gasteiger partial charge on any atom is -0.305 e. The van der Waals surface area contributed by atoms with Crippen LogP contribution in [0.15, 0.2) is 0 Å². The Kier molecular flexibility index (Phi) is 9.42. The molecule has 80 valence electrons. The van der Waals surface area contributed by atoms with Crippen LogP contribution in [0.1, 0.15) is 6.42 Å². The van der Waals surface area contributed by atoms with E-state index in [0.717, 1.165) is 26.2 Å². The minimum absolute atomic E-state index is 0.716. The molecule has 0 atom stereocenters.